The van der Waals surface area contributed by atoms with Gasteiger partial charge in [0.15, 0.2) is 15.0 Å². The molecule has 176 valence electrons. The largest absolute Gasteiger partial charge is 0.306 e. The van der Waals surface area contributed by atoms with Gasteiger partial charge in [-0.1, -0.05) is 65.6 Å². The monoisotopic (exact) mass is 514 g/mol. The predicted octanol–water partition coefficient (Wildman–Crippen LogP) is 3.54. The molecule has 0 aliphatic rings. The Bertz CT molecular complexity index is 1380. The summed E-state index contributed by atoms with van der Waals surface area (Å²) in [6.45, 7) is 2.73. The molecule has 34 heavy (non-hydrogen) atoms. The third-order valence-electron chi connectivity index (χ3n) is 4.85. The normalized spacial score (nSPS) is 11.5. The minimum absolute atomic E-state index is 0.154. The number of rotatable bonds is 9. The Labute approximate surface area is 205 Å². The molecule has 9 nitrogen and oxygen atoms in total. The highest BCUT2D eigenvalue weighted by Crippen LogP contribution is 2.27. The molecule has 1 N–H and O–H groups in total. The van der Waals surface area contributed by atoms with E-state index in [2.05, 4.69) is 25.7 Å². The number of aromatic nitrogens is 5. The maximum absolute atomic E-state index is 12.5. The second kappa shape index (κ2) is 10.5. The van der Waals surface area contributed by atoms with E-state index in [-0.39, 0.29) is 16.6 Å². The molecule has 0 saturated heterocycles. The summed E-state index contributed by atoms with van der Waals surface area (Å²) in [4.78, 5) is 12.7. The molecule has 0 saturated carbocycles. The molecule has 0 fully saturated rings. The summed E-state index contributed by atoms with van der Waals surface area (Å²) in [5.41, 5.74) is 1.87. The molecule has 2 aromatic carbocycles. The van der Waals surface area contributed by atoms with Crippen LogP contribution < -0.4 is 5.32 Å². The van der Waals surface area contributed by atoms with E-state index in [1.54, 1.807) is 12.1 Å². The first-order valence-electron chi connectivity index (χ1n) is 10.4. The summed E-state index contributed by atoms with van der Waals surface area (Å²) in [5.74, 6) is 0.782. The van der Waals surface area contributed by atoms with Gasteiger partial charge in [0.25, 0.3) is 0 Å². The number of sulfone groups is 1. The smallest absolute Gasteiger partial charge is 0.236 e. The number of thioether (sulfide) groups is 1. The van der Waals surface area contributed by atoms with Crippen molar-refractivity contribution in [2.24, 2.45) is 0 Å². The fourth-order valence-electron chi connectivity index (χ4n) is 3.17. The van der Waals surface area contributed by atoms with Gasteiger partial charge in [-0.25, -0.2) is 8.42 Å². The molecule has 0 radical (unpaired) electrons. The van der Waals surface area contributed by atoms with Crippen LogP contribution in [-0.4, -0.2) is 51.3 Å². The number of nitrogens with zero attached hydrogens (tertiary/aromatic N) is 5. The summed E-state index contributed by atoms with van der Waals surface area (Å²) in [5, 5.41) is 21.1. The number of hydrogen-bond acceptors (Lipinski definition) is 9. The van der Waals surface area contributed by atoms with Crippen molar-refractivity contribution in [1.82, 2.24) is 25.0 Å². The van der Waals surface area contributed by atoms with E-state index in [9.17, 15) is 13.2 Å². The van der Waals surface area contributed by atoms with E-state index in [1.807, 2.05) is 41.8 Å². The molecule has 4 rings (SSSR count). The molecular weight excluding hydrogens is 492 g/mol. The topological polar surface area (TPSA) is 120 Å². The summed E-state index contributed by atoms with van der Waals surface area (Å²) < 4.78 is 25.2. The van der Waals surface area contributed by atoms with Crippen LogP contribution in [0.1, 0.15) is 18.3 Å². The maximum Gasteiger partial charge on any atom is 0.236 e. The lowest BCUT2D eigenvalue weighted by Crippen LogP contribution is -2.14. The molecule has 4 aromatic rings. The molecule has 2 aromatic heterocycles. The zero-order valence-electron chi connectivity index (χ0n) is 18.5. The van der Waals surface area contributed by atoms with Gasteiger partial charge in [-0.15, -0.1) is 20.4 Å². The Kier molecular flexibility index (Phi) is 7.39. The van der Waals surface area contributed by atoms with Crippen molar-refractivity contribution < 1.29 is 13.2 Å². The Balaban J connectivity index is 1.35. The first-order valence-corrected chi connectivity index (χ1v) is 14.1. The van der Waals surface area contributed by atoms with Gasteiger partial charge in [0.1, 0.15) is 10.8 Å². The van der Waals surface area contributed by atoms with Crippen molar-refractivity contribution in [1.29, 1.82) is 0 Å². The standard InChI is InChI=1S/C22H22N6O3S3/c1-3-28-18(13-15-7-5-4-6-8-15)24-27-22(28)32-14-19(29)23-21-26-25-20(33-21)16-9-11-17(12-10-16)34(2,30)31/h4-12H,3,13-14H2,1-2H3,(H,23,26,29). The molecule has 0 bridgehead atoms. The number of benzene rings is 2. The van der Waals surface area contributed by atoms with Crippen LogP contribution in [0.3, 0.4) is 0 Å². The number of anilines is 1. The Morgan fingerprint density at radius 1 is 1.03 bits per heavy atom. The van der Waals surface area contributed by atoms with Crippen molar-refractivity contribution >= 4 is 44.0 Å². The van der Waals surface area contributed by atoms with Crippen LogP contribution in [0.15, 0.2) is 64.6 Å². The lowest BCUT2D eigenvalue weighted by molar-refractivity contribution is -0.113. The molecular formula is C22H22N6O3S3. The van der Waals surface area contributed by atoms with Crippen LogP contribution in [0.5, 0.6) is 0 Å². The van der Waals surface area contributed by atoms with Gasteiger partial charge in [-0.3, -0.25) is 10.1 Å². The molecule has 1 amide bonds. The predicted molar refractivity (Wildman–Crippen MR) is 133 cm³/mol. The number of amides is 1. The molecule has 2 heterocycles. The minimum atomic E-state index is -3.26. The van der Waals surface area contributed by atoms with Crippen molar-refractivity contribution in [2.45, 2.75) is 29.9 Å². The van der Waals surface area contributed by atoms with Crippen LogP contribution in [0.25, 0.3) is 10.6 Å². The van der Waals surface area contributed by atoms with Gasteiger partial charge in [0.05, 0.1) is 10.6 Å². The first-order chi connectivity index (χ1) is 16.3. The maximum atomic E-state index is 12.5. The van der Waals surface area contributed by atoms with E-state index >= 15 is 0 Å². The van der Waals surface area contributed by atoms with Crippen LogP contribution in [0.4, 0.5) is 5.13 Å². The average Bonchev–Trinajstić information content (AvgIpc) is 3.44. The van der Waals surface area contributed by atoms with E-state index in [0.29, 0.717) is 28.3 Å². The van der Waals surface area contributed by atoms with Crippen LogP contribution in [0, 0.1) is 0 Å². The van der Waals surface area contributed by atoms with Gasteiger partial charge in [0, 0.05) is 24.8 Å². The van der Waals surface area contributed by atoms with Gasteiger partial charge in [-0.05, 0) is 24.6 Å². The fourth-order valence-corrected chi connectivity index (χ4v) is 5.39. The summed E-state index contributed by atoms with van der Waals surface area (Å²) in [6.07, 6.45) is 1.83. The highest BCUT2D eigenvalue weighted by atomic mass is 32.2. The Hall–Kier alpha value is -3.09. The Morgan fingerprint density at radius 2 is 1.76 bits per heavy atom. The van der Waals surface area contributed by atoms with Gasteiger partial charge < -0.3 is 4.57 Å². The summed E-state index contributed by atoms with van der Waals surface area (Å²) in [7, 11) is -3.26. The number of hydrogen-bond donors (Lipinski definition) is 1. The van der Waals surface area contributed by atoms with Crippen molar-refractivity contribution in [3.63, 3.8) is 0 Å². The Morgan fingerprint density at radius 3 is 2.44 bits per heavy atom. The SMILES string of the molecule is CCn1c(Cc2ccccc2)nnc1SCC(=O)Nc1nnc(-c2ccc(S(C)(=O)=O)cc2)s1. The molecule has 0 unspecified atom stereocenters. The van der Waals surface area contributed by atoms with Gasteiger partial charge in [-0.2, -0.15) is 0 Å². The zero-order valence-corrected chi connectivity index (χ0v) is 21.0. The van der Waals surface area contributed by atoms with Crippen LogP contribution in [-0.2, 0) is 27.6 Å². The van der Waals surface area contributed by atoms with Crippen LogP contribution in [0.2, 0.25) is 0 Å². The van der Waals surface area contributed by atoms with Crippen LogP contribution >= 0.6 is 23.1 Å². The first kappa shape index (κ1) is 24.0. The lowest BCUT2D eigenvalue weighted by Gasteiger charge is -2.07. The van der Waals surface area contributed by atoms with Gasteiger partial charge in [0.2, 0.25) is 11.0 Å². The molecule has 12 heteroatoms. The number of carbonyl (C=O) groups excluding carboxylic acids is 1. The van der Waals surface area contributed by atoms with Crippen molar-refractivity contribution in [3.05, 3.63) is 66.0 Å². The van der Waals surface area contributed by atoms with E-state index in [1.165, 1.54) is 35.2 Å². The highest BCUT2D eigenvalue weighted by Gasteiger charge is 2.15. The number of carbonyl (C=O) groups is 1. The van der Waals surface area contributed by atoms with Crippen molar-refractivity contribution in [3.8, 4) is 10.6 Å². The van der Waals surface area contributed by atoms with E-state index in [4.69, 9.17) is 0 Å². The highest BCUT2D eigenvalue weighted by molar-refractivity contribution is 7.99. The van der Waals surface area contributed by atoms with Gasteiger partial charge >= 0.3 is 0 Å². The summed E-state index contributed by atoms with van der Waals surface area (Å²) in [6, 6.07) is 16.4. The molecule has 0 atom stereocenters. The van der Waals surface area contributed by atoms with Crippen molar-refractivity contribution in [2.75, 3.05) is 17.3 Å². The quantitative estimate of drug-likeness (QED) is 0.337. The van der Waals surface area contributed by atoms with E-state index < -0.39 is 9.84 Å². The minimum Gasteiger partial charge on any atom is -0.306 e. The fraction of sp³-hybridized carbons (Fsp3) is 0.227. The number of nitrogens with one attached hydrogen (secondary N) is 1. The summed E-state index contributed by atoms with van der Waals surface area (Å²) >= 11 is 2.53. The molecule has 0 spiro atoms. The lowest BCUT2D eigenvalue weighted by atomic mass is 10.1. The second-order valence-corrected chi connectivity index (χ2v) is 11.3. The van der Waals surface area contributed by atoms with E-state index in [0.717, 1.165) is 23.2 Å². The zero-order chi connectivity index (χ0) is 24.1. The third kappa shape index (κ3) is 5.88. The molecule has 0 aliphatic carbocycles. The average molecular weight is 515 g/mol. The third-order valence-corrected chi connectivity index (χ3v) is 7.83. The molecule has 0 aliphatic heterocycles. The second-order valence-electron chi connectivity index (χ2n) is 7.35.